The SMILES string of the molecule is N#Cc1cc(NCc2[nH]c3ccccc3c2Cl)ccc1F. The molecule has 0 aliphatic carbocycles. The fraction of sp³-hybridized carbons (Fsp3) is 0.0625. The number of rotatable bonds is 3. The van der Waals surface area contributed by atoms with Crippen LogP contribution in [0, 0.1) is 17.1 Å². The van der Waals surface area contributed by atoms with Crippen molar-refractivity contribution in [1.82, 2.24) is 4.98 Å². The fourth-order valence-corrected chi connectivity index (χ4v) is 2.48. The molecule has 0 spiro atoms. The molecule has 104 valence electrons. The highest BCUT2D eigenvalue weighted by atomic mass is 35.5. The molecule has 1 aromatic heterocycles. The molecule has 21 heavy (non-hydrogen) atoms. The largest absolute Gasteiger partial charge is 0.379 e. The van der Waals surface area contributed by atoms with Crippen LogP contribution in [0.15, 0.2) is 42.5 Å². The van der Waals surface area contributed by atoms with E-state index in [-0.39, 0.29) is 5.56 Å². The summed E-state index contributed by atoms with van der Waals surface area (Å²) < 4.78 is 13.3. The summed E-state index contributed by atoms with van der Waals surface area (Å²) in [6.07, 6.45) is 0. The Balaban J connectivity index is 1.84. The monoisotopic (exact) mass is 299 g/mol. The average Bonchev–Trinajstić information content (AvgIpc) is 2.83. The molecule has 0 saturated carbocycles. The first kappa shape index (κ1) is 13.5. The lowest BCUT2D eigenvalue weighted by molar-refractivity contribution is 0.624. The summed E-state index contributed by atoms with van der Waals surface area (Å²) in [6, 6.07) is 13.9. The van der Waals surface area contributed by atoms with Crippen molar-refractivity contribution in [3.05, 3.63) is 64.6 Å². The van der Waals surface area contributed by atoms with Crippen molar-refractivity contribution in [1.29, 1.82) is 5.26 Å². The van der Waals surface area contributed by atoms with Crippen molar-refractivity contribution in [3.8, 4) is 6.07 Å². The Bertz CT molecular complexity index is 848. The first-order chi connectivity index (χ1) is 10.2. The lowest BCUT2D eigenvalue weighted by Crippen LogP contribution is -2.01. The van der Waals surface area contributed by atoms with Crippen LogP contribution in [0.5, 0.6) is 0 Å². The molecule has 5 heteroatoms. The van der Waals surface area contributed by atoms with E-state index in [9.17, 15) is 4.39 Å². The van der Waals surface area contributed by atoms with E-state index in [1.54, 1.807) is 6.07 Å². The number of nitrogens with zero attached hydrogens (tertiary/aromatic N) is 1. The Morgan fingerprint density at radius 1 is 1.24 bits per heavy atom. The maximum absolute atomic E-state index is 13.3. The van der Waals surface area contributed by atoms with Crippen LogP contribution in [0.1, 0.15) is 11.3 Å². The molecule has 0 atom stereocenters. The standard InChI is InChI=1S/C16H11ClFN3/c17-16-12-3-1-2-4-14(12)21-15(16)9-20-11-5-6-13(18)10(7-11)8-19/h1-7,20-21H,9H2. The minimum atomic E-state index is -0.522. The molecule has 0 saturated heterocycles. The molecule has 0 radical (unpaired) electrons. The van der Waals surface area contributed by atoms with Crippen molar-refractivity contribution < 1.29 is 4.39 Å². The molecule has 2 N–H and O–H groups in total. The van der Waals surface area contributed by atoms with Crippen molar-refractivity contribution in [2.45, 2.75) is 6.54 Å². The van der Waals surface area contributed by atoms with E-state index in [4.69, 9.17) is 16.9 Å². The predicted octanol–water partition coefficient (Wildman–Crippen LogP) is 4.44. The number of fused-ring (bicyclic) bond motifs is 1. The molecule has 0 aliphatic heterocycles. The van der Waals surface area contributed by atoms with Crippen LogP contribution in [0.3, 0.4) is 0 Å². The Labute approximate surface area is 126 Å². The quantitative estimate of drug-likeness (QED) is 0.751. The van der Waals surface area contributed by atoms with E-state index in [0.717, 1.165) is 16.6 Å². The van der Waals surface area contributed by atoms with E-state index in [1.165, 1.54) is 12.1 Å². The molecular weight excluding hydrogens is 289 g/mol. The van der Waals surface area contributed by atoms with E-state index in [0.29, 0.717) is 17.3 Å². The van der Waals surface area contributed by atoms with Gasteiger partial charge in [-0.15, -0.1) is 0 Å². The molecule has 3 nitrogen and oxygen atoms in total. The fourth-order valence-electron chi connectivity index (χ4n) is 2.20. The van der Waals surface area contributed by atoms with Gasteiger partial charge >= 0.3 is 0 Å². The van der Waals surface area contributed by atoms with Crippen LogP contribution in [-0.4, -0.2) is 4.98 Å². The zero-order valence-electron chi connectivity index (χ0n) is 11.0. The average molecular weight is 300 g/mol. The van der Waals surface area contributed by atoms with Crippen LogP contribution in [0.4, 0.5) is 10.1 Å². The van der Waals surface area contributed by atoms with Gasteiger partial charge < -0.3 is 10.3 Å². The zero-order chi connectivity index (χ0) is 14.8. The lowest BCUT2D eigenvalue weighted by atomic mass is 10.2. The van der Waals surface area contributed by atoms with Crippen LogP contribution in [0.2, 0.25) is 5.02 Å². The molecule has 0 fully saturated rings. The Kier molecular flexibility index (Phi) is 3.51. The summed E-state index contributed by atoms with van der Waals surface area (Å²) in [7, 11) is 0. The lowest BCUT2D eigenvalue weighted by Gasteiger charge is -2.06. The van der Waals surface area contributed by atoms with Crippen molar-refractivity contribution in [2.24, 2.45) is 0 Å². The highest BCUT2D eigenvalue weighted by molar-refractivity contribution is 6.36. The van der Waals surface area contributed by atoms with Gasteiger partial charge in [0.25, 0.3) is 0 Å². The third-order valence-corrected chi connectivity index (χ3v) is 3.70. The Hall–Kier alpha value is -2.51. The van der Waals surface area contributed by atoms with Gasteiger partial charge in [-0.25, -0.2) is 4.39 Å². The second-order valence-corrected chi connectivity index (χ2v) is 5.00. The number of nitriles is 1. The summed E-state index contributed by atoms with van der Waals surface area (Å²) in [6.45, 7) is 0.462. The van der Waals surface area contributed by atoms with Gasteiger partial charge in [0.2, 0.25) is 0 Å². The van der Waals surface area contributed by atoms with Crippen molar-refractivity contribution in [2.75, 3.05) is 5.32 Å². The highest BCUT2D eigenvalue weighted by Crippen LogP contribution is 2.27. The first-order valence-electron chi connectivity index (χ1n) is 6.37. The number of nitrogens with one attached hydrogen (secondary N) is 2. The Morgan fingerprint density at radius 3 is 2.81 bits per heavy atom. The number of halogens is 2. The van der Waals surface area contributed by atoms with Crippen LogP contribution in [-0.2, 0) is 6.54 Å². The molecular formula is C16H11ClFN3. The minimum absolute atomic E-state index is 0.0164. The second-order valence-electron chi connectivity index (χ2n) is 4.62. The summed E-state index contributed by atoms with van der Waals surface area (Å²) in [5.74, 6) is -0.522. The third-order valence-electron chi connectivity index (χ3n) is 3.27. The van der Waals surface area contributed by atoms with Gasteiger partial charge in [-0.05, 0) is 24.3 Å². The maximum Gasteiger partial charge on any atom is 0.141 e. The third kappa shape index (κ3) is 2.56. The molecule has 1 heterocycles. The smallest absolute Gasteiger partial charge is 0.141 e. The number of aromatic amines is 1. The summed E-state index contributed by atoms with van der Waals surface area (Å²) in [5, 5.41) is 13.6. The highest BCUT2D eigenvalue weighted by Gasteiger charge is 2.09. The number of para-hydroxylation sites is 1. The van der Waals surface area contributed by atoms with E-state index >= 15 is 0 Å². The molecule has 0 amide bonds. The zero-order valence-corrected chi connectivity index (χ0v) is 11.7. The van der Waals surface area contributed by atoms with Gasteiger partial charge in [0.05, 0.1) is 22.8 Å². The summed E-state index contributed by atoms with van der Waals surface area (Å²) >= 11 is 6.32. The number of benzene rings is 2. The van der Waals surface area contributed by atoms with Gasteiger partial charge in [-0.3, -0.25) is 0 Å². The summed E-state index contributed by atoms with van der Waals surface area (Å²) in [5.41, 5.74) is 2.50. The number of H-pyrrole nitrogens is 1. The summed E-state index contributed by atoms with van der Waals surface area (Å²) in [4.78, 5) is 3.24. The molecule has 0 bridgehead atoms. The normalized spacial score (nSPS) is 10.5. The van der Waals surface area contributed by atoms with E-state index < -0.39 is 5.82 Å². The van der Waals surface area contributed by atoms with Gasteiger partial charge in [0.1, 0.15) is 11.9 Å². The van der Waals surface area contributed by atoms with E-state index in [1.807, 2.05) is 30.3 Å². The van der Waals surface area contributed by atoms with Crippen molar-refractivity contribution >= 4 is 28.2 Å². The van der Waals surface area contributed by atoms with Crippen LogP contribution >= 0.6 is 11.6 Å². The van der Waals surface area contributed by atoms with Crippen molar-refractivity contribution in [3.63, 3.8) is 0 Å². The molecule has 3 rings (SSSR count). The minimum Gasteiger partial charge on any atom is -0.379 e. The number of hydrogen-bond acceptors (Lipinski definition) is 2. The molecule has 0 unspecified atom stereocenters. The van der Waals surface area contributed by atoms with Gasteiger partial charge in [-0.2, -0.15) is 5.26 Å². The predicted molar refractivity (Wildman–Crippen MR) is 81.8 cm³/mol. The Morgan fingerprint density at radius 2 is 2.05 bits per heavy atom. The van der Waals surface area contributed by atoms with E-state index in [2.05, 4.69) is 10.3 Å². The first-order valence-corrected chi connectivity index (χ1v) is 6.75. The molecule has 2 aromatic carbocycles. The molecule has 3 aromatic rings. The van der Waals surface area contributed by atoms with Crippen LogP contribution < -0.4 is 5.32 Å². The maximum atomic E-state index is 13.3. The number of aromatic nitrogens is 1. The van der Waals surface area contributed by atoms with Crippen LogP contribution in [0.25, 0.3) is 10.9 Å². The molecule has 0 aliphatic rings. The van der Waals surface area contributed by atoms with Gasteiger partial charge in [-0.1, -0.05) is 29.8 Å². The second kappa shape index (κ2) is 5.47. The van der Waals surface area contributed by atoms with Gasteiger partial charge in [0, 0.05) is 16.6 Å². The van der Waals surface area contributed by atoms with Gasteiger partial charge in [0.15, 0.2) is 0 Å². The number of hydrogen-bond donors (Lipinski definition) is 2. The topological polar surface area (TPSA) is 51.6 Å². The number of anilines is 1.